The number of hydrogen-bond acceptors (Lipinski definition) is 4. The molecule has 0 aliphatic heterocycles. The number of benzene rings is 1. The van der Waals surface area contributed by atoms with E-state index in [0.717, 1.165) is 23.8 Å². The van der Waals surface area contributed by atoms with Crippen LogP contribution in [0.1, 0.15) is 62.5 Å². The number of alkyl halides is 2. The van der Waals surface area contributed by atoms with E-state index in [1.165, 1.54) is 0 Å². The molecule has 0 saturated carbocycles. The Morgan fingerprint density at radius 3 is 2.43 bits per heavy atom. The molecule has 2 rings (SSSR count). The van der Waals surface area contributed by atoms with Crippen LogP contribution in [0, 0.1) is 11.7 Å². The Morgan fingerprint density at radius 2 is 1.89 bits per heavy atom. The Hall–Kier alpha value is -3.16. The molecule has 0 aliphatic rings. The summed E-state index contributed by atoms with van der Waals surface area (Å²) in [4.78, 5) is 23.0. The van der Waals surface area contributed by atoms with Crippen molar-refractivity contribution in [3.05, 3.63) is 65.1 Å². The molecule has 8 heteroatoms. The van der Waals surface area contributed by atoms with Crippen molar-refractivity contribution in [1.29, 1.82) is 0 Å². The molecule has 2 atom stereocenters. The monoisotopic (exact) mass is 489 g/mol. The van der Waals surface area contributed by atoms with Crippen LogP contribution in [0.25, 0.3) is 5.57 Å². The van der Waals surface area contributed by atoms with Gasteiger partial charge in [0.05, 0.1) is 6.04 Å². The number of halogens is 3. The Morgan fingerprint density at radius 1 is 1.23 bits per heavy atom. The molecule has 0 aliphatic carbocycles. The van der Waals surface area contributed by atoms with Gasteiger partial charge in [0.25, 0.3) is 11.8 Å². The van der Waals surface area contributed by atoms with Gasteiger partial charge >= 0.3 is 0 Å². The first-order valence-electron chi connectivity index (χ1n) is 11.7. The summed E-state index contributed by atoms with van der Waals surface area (Å²) in [5.74, 6) is -4.46. The fourth-order valence-electron chi connectivity index (χ4n) is 3.56. The zero-order valence-corrected chi connectivity index (χ0v) is 21.2. The van der Waals surface area contributed by atoms with E-state index in [1.807, 2.05) is 19.1 Å². The van der Waals surface area contributed by atoms with Crippen LogP contribution in [0.4, 0.5) is 13.2 Å². The van der Waals surface area contributed by atoms with Gasteiger partial charge < -0.3 is 9.64 Å². The summed E-state index contributed by atoms with van der Waals surface area (Å²) in [6.07, 6.45) is 5.69. The normalized spacial score (nSPS) is 14.1. The largest absolute Gasteiger partial charge is 0.473 e. The van der Waals surface area contributed by atoms with Gasteiger partial charge in [-0.3, -0.25) is 9.79 Å². The Bertz CT molecular complexity index is 1060. The summed E-state index contributed by atoms with van der Waals surface area (Å²) >= 11 is 0. The molecule has 1 amide bonds. The van der Waals surface area contributed by atoms with Crippen LogP contribution in [-0.4, -0.2) is 48.2 Å². The fraction of sp³-hybridized carbons (Fsp3) is 0.444. The van der Waals surface area contributed by atoms with E-state index in [9.17, 15) is 18.0 Å². The molecule has 1 aromatic carbocycles. The minimum atomic E-state index is -3.21. The molecule has 5 nitrogen and oxygen atoms in total. The number of rotatable bonds is 11. The summed E-state index contributed by atoms with van der Waals surface area (Å²) in [6.45, 7) is 8.83. The molecule has 0 N–H and O–H groups in total. The van der Waals surface area contributed by atoms with E-state index in [4.69, 9.17) is 4.74 Å². The second-order valence-corrected chi connectivity index (χ2v) is 8.59. The van der Waals surface area contributed by atoms with Gasteiger partial charge in [0.1, 0.15) is 6.61 Å². The second kappa shape index (κ2) is 12.5. The Balaban J connectivity index is 2.26. The average Bonchev–Trinajstić information content (AvgIpc) is 2.82. The number of ether oxygens (including phenoxy) is 1. The minimum absolute atomic E-state index is 0.0560. The first-order chi connectivity index (χ1) is 16.5. The lowest BCUT2D eigenvalue weighted by molar-refractivity contribution is 0.0165. The first kappa shape index (κ1) is 28.1. The molecule has 2 aromatic rings. The van der Waals surface area contributed by atoms with Gasteiger partial charge in [0.2, 0.25) is 5.88 Å². The molecule has 0 bridgehead atoms. The summed E-state index contributed by atoms with van der Waals surface area (Å²) in [5, 5.41) is 0. The van der Waals surface area contributed by atoms with Crippen molar-refractivity contribution >= 4 is 17.7 Å². The van der Waals surface area contributed by atoms with Gasteiger partial charge in [0, 0.05) is 44.1 Å². The third-order valence-electron chi connectivity index (χ3n) is 5.75. The highest BCUT2D eigenvalue weighted by Gasteiger charge is 2.27. The zero-order chi connectivity index (χ0) is 26.2. The smallest absolute Gasteiger partial charge is 0.272 e. The molecule has 0 unspecified atom stereocenters. The maximum atomic E-state index is 14.3. The molecule has 1 aromatic heterocycles. The van der Waals surface area contributed by atoms with E-state index in [0.29, 0.717) is 31.0 Å². The summed E-state index contributed by atoms with van der Waals surface area (Å²) in [5.41, 5.74) is 1.63. The second-order valence-electron chi connectivity index (χ2n) is 8.59. The number of allylic oxidation sites excluding steroid dienone is 2. The topological polar surface area (TPSA) is 54.8 Å². The van der Waals surface area contributed by atoms with Gasteiger partial charge in [-0.2, -0.15) is 0 Å². The number of aromatic nitrogens is 1. The lowest BCUT2D eigenvalue weighted by Crippen LogP contribution is -2.42. The van der Waals surface area contributed by atoms with Gasteiger partial charge in [-0.1, -0.05) is 44.5 Å². The third kappa shape index (κ3) is 7.41. The minimum Gasteiger partial charge on any atom is -0.473 e. The van der Waals surface area contributed by atoms with Crippen molar-refractivity contribution in [2.75, 3.05) is 20.2 Å². The van der Waals surface area contributed by atoms with Crippen LogP contribution in [-0.2, 0) is 5.92 Å². The summed E-state index contributed by atoms with van der Waals surface area (Å²) in [6, 6.07) is 7.62. The lowest BCUT2D eigenvalue weighted by Gasteiger charge is -2.29. The van der Waals surface area contributed by atoms with Crippen molar-refractivity contribution in [1.82, 2.24) is 9.88 Å². The van der Waals surface area contributed by atoms with Crippen LogP contribution in [0.15, 0.2) is 47.6 Å². The molecule has 190 valence electrons. The quantitative estimate of drug-likeness (QED) is 0.344. The number of amides is 1. The Kier molecular flexibility index (Phi) is 10.0. The van der Waals surface area contributed by atoms with Crippen LogP contribution in [0.5, 0.6) is 5.88 Å². The standard InChI is InChI=1S/C27H34F3N3O2/c1-7-18(3)13-20(15-31-6)22-11-9-10-12-23(22)26(34)33(8-2)19(4)17-35-25-24(28)14-21(16-32-25)27(5,29)30/h9-16,18-19H,7-8,17H2,1-6H3/b20-13+,31-15-/t18-,19-/m0/s1. The van der Waals surface area contributed by atoms with Crippen molar-refractivity contribution in [3.63, 3.8) is 0 Å². The molecule has 35 heavy (non-hydrogen) atoms. The summed E-state index contributed by atoms with van der Waals surface area (Å²) in [7, 11) is 1.69. The number of aliphatic imine (C=N–C) groups is 1. The van der Waals surface area contributed by atoms with E-state index in [2.05, 4.69) is 29.9 Å². The van der Waals surface area contributed by atoms with Crippen molar-refractivity contribution < 1.29 is 22.7 Å². The van der Waals surface area contributed by atoms with E-state index < -0.39 is 23.3 Å². The molecule has 1 heterocycles. The number of hydrogen-bond donors (Lipinski definition) is 0. The number of likely N-dealkylation sites (N-methyl/N-ethyl adjacent to an activating group) is 1. The third-order valence-corrected chi connectivity index (χ3v) is 5.75. The highest BCUT2D eigenvalue weighted by Crippen LogP contribution is 2.29. The van der Waals surface area contributed by atoms with E-state index >= 15 is 0 Å². The number of nitrogens with zero attached hydrogens (tertiary/aromatic N) is 3. The van der Waals surface area contributed by atoms with Crippen LogP contribution < -0.4 is 4.74 Å². The average molecular weight is 490 g/mol. The van der Waals surface area contributed by atoms with Gasteiger partial charge in [-0.25, -0.2) is 18.2 Å². The highest BCUT2D eigenvalue weighted by atomic mass is 19.3. The van der Waals surface area contributed by atoms with Gasteiger partial charge in [0.15, 0.2) is 5.82 Å². The SMILES string of the molecule is CC[C@H](C)/C=C(\C=N/C)c1ccccc1C(=O)N(CC)[C@@H](C)COc1ncc(C(C)(F)F)cc1F. The van der Waals surface area contributed by atoms with Crippen molar-refractivity contribution in [2.24, 2.45) is 10.9 Å². The molecule has 0 saturated heterocycles. The van der Waals surface area contributed by atoms with E-state index in [-0.39, 0.29) is 18.4 Å². The van der Waals surface area contributed by atoms with Crippen LogP contribution in [0.3, 0.4) is 0 Å². The van der Waals surface area contributed by atoms with Gasteiger partial charge in [-0.15, -0.1) is 0 Å². The van der Waals surface area contributed by atoms with Crippen LogP contribution >= 0.6 is 0 Å². The van der Waals surface area contributed by atoms with E-state index in [1.54, 1.807) is 37.2 Å². The van der Waals surface area contributed by atoms with Crippen molar-refractivity contribution in [3.8, 4) is 5.88 Å². The zero-order valence-electron chi connectivity index (χ0n) is 21.2. The molecule has 0 fully saturated rings. The first-order valence-corrected chi connectivity index (χ1v) is 11.7. The molecular weight excluding hydrogens is 455 g/mol. The van der Waals surface area contributed by atoms with Gasteiger partial charge in [-0.05, 0) is 43.0 Å². The lowest BCUT2D eigenvalue weighted by atomic mass is 9.95. The number of pyridine rings is 1. The summed E-state index contributed by atoms with van der Waals surface area (Å²) < 4.78 is 46.5. The molecule has 0 spiro atoms. The fourth-order valence-corrected chi connectivity index (χ4v) is 3.56. The number of carbonyl (C=O) groups is 1. The molecular formula is C27H34F3N3O2. The predicted molar refractivity (Wildman–Crippen MR) is 134 cm³/mol. The van der Waals surface area contributed by atoms with Crippen molar-refractivity contribution in [2.45, 2.75) is 53.0 Å². The number of carbonyl (C=O) groups excluding carboxylic acids is 1. The van der Waals surface area contributed by atoms with Crippen LogP contribution in [0.2, 0.25) is 0 Å². The maximum absolute atomic E-state index is 14.3. The Labute approximate surface area is 205 Å². The molecule has 0 radical (unpaired) electrons. The maximum Gasteiger partial charge on any atom is 0.272 e. The predicted octanol–water partition coefficient (Wildman–Crippen LogP) is 6.39. The highest BCUT2D eigenvalue weighted by molar-refractivity contribution is 6.14.